The Morgan fingerprint density at radius 1 is 1.47 bits per heavy atom. The Morgan fingerprint density at radius 2 is 2.18 bits per heavy atom. The third-order valence-electron chi connectivity index (χ3n) is 3.07. The lowest BCUT2D eigenvalue weighted by Crippen LogP contribution is -2.00. The second-order valence-electron chi connectivity index (χ2n) is 3.95. The first-order valence-corrected chi connectivity index (χ1v) is 5.51. The van der Waals surface area contributed by atoms with Gasteiger partial charge in [-0.3, -0.25) is 0 Å². The second kappa shape index (κ2) is 4.13. The van der Waals surface area contributed by atoms with Crippen LogP contribution in [0.25, 0.3) is 10.9 Å². The number of carboxylic acid groups (broad SMARTS) is 1. The molecule has 0 bridgehead atoms. The van der Waals surface area contributed by atoms with E-state index < -0.39 is 5.97 Å². The highest BCUT2D eigenvalue weighted by Crippen LogP contribution is 2.31. The fraction of sp³-hybridized carbons (Fsp3) is 0.308. The predicted molar refractivity (Wildman–Crippen MR) is 65.9 cm³/mol. The maximum absolute atomic E-state index is 11.2. The summed E-state index contributed by atoms with van der Waals surface area (Å²) in [6, 6.07) is 3.70. The van der Waals surface area contributed by atoms with E-state index in [0.717, 1.165) is 27.8 Å². The molecule has 0 unspecified atom stereocenters. The number of nitrogens with one attached hydrogen (secondary N) is 1. The molecule has 1 aromatic heterocycles. The summed E-state index contributed by atoms with van der Waals surface area (Å²) in [6.45, 7) is 3.90. The number of ether oxygens (including phenoxy) is 1. The van der Waals surface area contributed by atoms with E-state index in [1.807, 2.05) is 26.0 Å². The van der Waals surface area contributed by atoms with Crippen molar-refractivity contribution in [2.45, 2.75) is 20.3 Å². The minimum absolute atomic E-state index is 0.277. The molecule has 0 aliphatic rings. The van der Waals surface area contributed by atoms with Crippen LogP contribution in [0.15, 0.2) is 12.1 Å². The van der Waals surface area contributed by atoms with Crippen molar-refractivity contribution in [2.75, 3.05) is 7.11 Å². The Labute approximate surface area is 99.2 Å². The molecule has 0 atom stereocenters. The highest BCUT2D eigenvalue weighted by Gasteiger charge is 2.18. The van der Waals surface area contributed by atoms with Gasteiger partial charge in [-0.15, -0.1) is 0 Å². The van der Waals surface area contributed by atoms with Crippen LogP contribution in [0.3, 0.4) is 0 Å². The van der Waals surface area contributed by atoms with Crippen LogP contribution in [0.4, 0.5) is 0 Å². The van der Waals surface area contributed by atoms with Gasteiger partial charge in [-0.2, -0.15) is 0 Å². The standard InChI is InChI=1S/C13H15NO3/c1-4-8-11-7(2)10(17-3)6-5-9(11)14-12(8)13(15)16/h5-6,14H,4H2,1-3H3,(H,15,16). The third-order valence-corrected chi connectivity index (χ3v) is 3.07. The molecule has 2 aromatic rings. The molecular formula is C13H15NO3. The topological polar surface area (TPSA) is 62.3 Å². The van der Waals surface area contributed by atoms with Crippen molar-refractivity contribution in [3.63, 3.8) is 0 Å². The van der Waals surface area contributed by atoms with Crippen LogP contribution in [-0.2, 0) is 6.42 Å². The largest absolute Gasteiger partial charge is 0.496 e. The van der Waals surface area contributed by atoms with Gasteiger partial charge in [-0.1, -0.05) is 6.92 Å². The van der Waals surface area contributed by atoms with E-state index in [1.54, 1.807) is 7.11 Å². The lowest BCUT2D eigenvalue weighted by atomic mass is 10.0. The summed E-state index contributed by atoms with van der Waals surface area (Å²) in [5.41, 5.74) is 2.94. The predicted octanol–water partition coefficient (Wildman–Crippen LogP) is 2.75. The number of fused-ring (bicyclic) bond motifs is 1. The van der Waals surface area contributed by atoms with Gasteiger partial charge in [0, 0.05) is 16.5 Å². The maximum Gasteiger partial charge on any atom is 0.352 e. The second-order valence-corrected chi connectivity index (χ2v) is 3.95. The minimum atomic E-state index is -0.920. The summed E-state index contributed by atoms with van der Waals surface area (Å²) < 4.78 is 5.26. The number of rotatable bonds is 3. The molecule has 2 rings (SSSR count). The van der Waals surface area contributed by atoms with Crippen molar-refractivity contribution >= 4 is 16.9 Å². The number of aromatic nitrogens is 1. The number of carbonyl (C=O) groups is 1. The van der Waals surface area contributed by atoms with Crippen LogP contribution in [-0.4, -0.2) is 23.2 Å². The van der Waals surface area contributed by atoms with Crippen LogP contribution in [0.5, 0.6) is 5.75 Å². The molecule has 0 amide bonds. The number of aryl methyl sites for hydroxylation is 2. The van der Waals surface area contributed by atoms with Gasteiger partial charge in [0.05, 0.1) is 7.11 Å². The average molecular weight is 233 g/mol. The summed E-state index contributed by atoms with van der Waals surface area (Å²) in [7, 11) is 1.62. The van der Waals surface area contributed by atoms with Crippen molar-refractivity contribution in [2.24, 2.45) is 0 Å². The van der Waals surface area contributed by atoms with Crippen molar-refractivity contribution < 1.29 is 14.6 Å². The van der Waals surface area contributed by atoms with E-state index in [9.17, 15) is 4.79 Å². The van der Waals surface area contributed by atoms with Crippen molar-refractivity contribution in [1.29, 1.82) is 0 Å². The zero-order valence-corrected chi connectivity index (χ0v) is 10.1. The van der Waals surface area contributed by atoms with Crippen LogP contribution in [0.1, 0.15) is 28.5 Å². The lowest BCUT2D eigenvalue weighted by Gasteiger charge is -2.06. The fourth-order valence-corrected chi connectivity index (χ4v) is 2.28. The molecule has 0 spiro atoms. The maximum atomic E-state index is 11.2. The number of aromatic carboxylic acids is 1. The van der Waals surface area contributed by atoms with Crippen molar-refractivity contribution in [3.8, 4) is 5.75 Å². The summed E-state index contributed by atoms with van der Waals surface area (Å²) in [5.74, 6) is -0.139. The Kier molecular flexibility index (Phi) is 2.79. The summed E-state index contributed by atoms with van der Waals surface area (Å²) in [5, 5.41) is 10.1. The van der Waals surface area contributed by atoms with Crippen molar-refractivity contribution in [1.82, 2.24) is 4.98 Å². The Balaban J connectivity index is 2.84. The van der Waals surface area contributed by atoms with Crippen LogP contribution in [0.2, 0.25) is 0 Å². The number of hydrogen-bond donors (Lipinski definition) is 2. The molecule has 0 radical (unpaired) electrons. The Bertz CT molecular complexity index is 584. The molecule has 4 heteroatoms. The van der Waals surface area contributed by atoms with E-state index in [0.29, 0.717) is 6.42 Å². The lowest BCUT2D eigenvalue weighted by molar-refractivity contribution is 0.0690. The normalized spacial score (nSPS) is 10.8. The molecule has 1 aromatic carbocycles. The first-order valence-electron chi connectivity index (χ1n) is 5.51. The SMILES string of the molecule is CCc1c(C(=O)O)[nH]c2ccc(OC)c(C)c12. The number of aromatic amines is 1. The number of hydrogen-bond acceptors (Lipinski definition) is 2. The molecule has 0 fully saturated rings. The number of carboxylic acids is 1. The molecule has 90 valence electrons. The number of benzene rings is 1. The van der Waals surface area contributed by atoms with Crippen LogP contribution >= 0.6 is 0 Å². The molecule has 0 aliphatic carbocycles. The number of H-pyrrole nitrogens is 1. The van der Waals surface area contributed by atoms with E-state index in [-0.39, 0.29) is 5.69 Å². The van der Waals surface area contributed by atoms with Crippen molar-refractivity contribution in [3.05, 3.63) is 29.0 Å². The van der Waals surface area contributed by atoms with Gasteiger partial charge in [0.25, 0.3) is 0 Å². The van der Waals surface area contributed by atoms with Gasteiger partial charge in [-0.05, 0) is 31.0 Å². The summed E-state index contributed by atoms with van der Waals surface area (Å²) in [4.78, 5) is 14.1. The number of methoxy groups -OCH3 is 1. The molecule has 0 saturated heterocycles. The highest BCUT2D eigenvalue weighted by atomic mass is 16.5. The Hall–Kier alpha value is -1.97. The van der Waals surface area contributed by atoms with E-state index in [1.165, 1.54) is 0 Å². The first kappa shape index (κ1) is 11.5. The molecule has 1 heterocycles. The zero-order chi connectivity index (χ0) is 12.6. The van der Waals surface area contributed by atoms with E-state index >= 15 is 0 Å². The average Bonchev–Trinajstić information content (AvgIpc) is 2.69. The van der Waals surface area contributed by atoms with Gasteiger partial charge < -0.3 is 14.8 Å². The zero-order valence-electron chi connectivity index (χ0n) is 10.1. The van der Waals surface area contributed by atoms with Crippen LogP contribution in [0, 0.1) is 6.92 Å². The van der Waals surface area contributed by atoms with Gasteiger partial charge in [0.2, 0.25) is 0 Å². The third kappa shape index (κ3) is 1.65. The van der Waals surface area contributed by atoms with Gasteiger partial charge in [-0.25, -0.2) is 4.79 Å². The quantitative estimate of drug-likeness (QED) is 0.856. The molecule has 2 N–H and O–H groups in total. The molecular weight excluding hydrogens is 218 g/mol. The molecule has 0 saturated carbocycles. The summed E-state index contributed by atoms with van der Waals surface area (Å²) in [6.07, 6.45) is 0.676. The van der Waals surface area contributed by atoms with Gasteiger partial charge >= 0.3 is 5.97 Å². The Morgan fingerprint density at radius 3 is 2.71 bits per heavy atom. The smallest absolute Gasteiger partial charge is 0.352 e. The van der Waals surface area contributed by atoms with Gasteiger partial charge in [0.1, 0.15) is 11.4 Å². The molecule has 17 heavy (non-hydrogen) atoms. The summed E-state index contributed by atoms with van der Waals surface area (Å²) >= 11 is 0. The van der Waals surface area contributed by atoms with Crippen LogP contribution < -0.4 is 4.74 Å². The van der Waals surface area contributed by atoms with E-state index in [4.69, 9.17) is 9.84 Å². The fourth-order valence-electron chi connectivity index (χ4n) is 2.28. The highest BCUT2D eigenvalue weighted by molar-refractivity contribution is 5.99. The van der Waals surface area contributed by atoms with E-state index in [2.05, 4.69) is 4.98 Å². The molecule has 0 aliphatic heterocycles. The monoisotopic (exact) mass is 233 g/mol. The molecule has 4 nitrogen and oxygen atoms in total. The minimum Gasteiger partial charge on any atom is -0.496 e. The first-order chi connectivity index (χ1) is 8.10. The van der Waals surface area contributed by atoms with Gasteiger partial charge in [0.15, 0.2) is 0 Å².